The highest BCUT2D eigenvalue weighted by atomic mass is 79.9. The first kappa shape index (κ1) is 24.3. The normalized spacial score (nSPS) is 10.7. The fourth-order valence-electron chi connectivity index (χ4n) is 2.76. The summed E-state index contributed by atoms with van der Waals surface area (Å²) < 4.78 is 16.9. The largest absolute Gasteiger partial charge is 0.493 e. The zero-order valence-electron chi connectivity index (χ0n) is 17.8. The summed E-state index contributed by atoms with van der Waals surface area (Å²) in [5.74, 6) is 0.214. The highest BCUT2D eigenvalue weighted by Crippen LogP contribution is 2.29. The van der Waals surface area contributed by atoms with Crippen LogP contribution in [-0.4, -0.2) is 31.8 Å². The summed E-state index contributed by atoms with van der Waals surface area (Å²) in [6.07, 6.45) is 1.44. The highest BCUT2D eigenvalue weighted by Gasteiger charge is 2.15. The summed E-state index contributed by atoms with van der Waals surface area (Å²) in [6.45, 7) is 1.64. The third-order valence-corrected chi connectivity index (χ3v) is 5.31. The Kier molecular flexibility index (Phi) is 8.46. The summed E-state index contributed by atoms with van der Waals surface area (Å²) >= 11 is 9.24. The van der Waals surface area contributed by atoms with Crippen LogP contribution in [0.4, 0.5) is 0 Å². The fraction of sp³-hybridized carbons (Fsp3) is 0.125. The lowest BCUT2D eigenvalue weighted by molar-refractivity contribution is -0.123. The van der Waals surface area contributed by atoms with Gasteiger partial charge in [0.15, 0.2) is 18.1 Å². The Balaban J connectivity index is 1.58. The third-order valence-electron chi connectivity index (χ3n) is 4.38. The Morgan fingerprint density at radius 1 is 1.06 bits per heavy atom. The smallest absolute Gasteiger partial charge is 0.344 e. The zero-order chi connectivity index (χ0) is 23.8. The van der Waals surface area contributed by atoms with Crippen LogP contribution in [0.3, 0.4) is 0 Å². The third kappa shape index (κ3) is 6.81. The van der Waals surface area contributed by atoms with E-state index in [4.69, 9.17) is 25.8 Å². The minimum absolute atomic E-state index is 0.201. The predicted molar refractivity (Wildman–Crippen MR) is 130 cm³/mol. The lowest BCUT2D eigenvalue weighted by Gasteiger charge is -2.10. The first-order valence-electron chi connectivity index (χ1n) is 9.73. The molecule has 0 aliphatic carbocycles. The molecule has 9 heteroatoms. The SMILES string of the molecule is COc1cc(C=NNC(=O)COc2ccc(Cl)cc2C)ccc1OC(=O)c1ccccc1Br. The summed E-state index contributed by atoms with van der Waals surface area (Å²) in [5.41, 5.74) is 4.24. The van der Waals surface area contributed by atoms with Crippen LogP contribution in [0.2, 0.25) is 5.02 Å². The molecule has 1 amide bonds. The van der Waals surface area contributed by atoms with Gasteiger partial charge in [-0.25, -0.2) is 10.2 Å². The number of hydrogen-bond acceptors (Lipinski definition) is 6. The number of hydrazone groups is 1. The minimum atomic E-state index is -0.523. The van der Waals surface area contributed by atoms with Gasteiger partial charge in [-0.2, -0.15) is 5.10 Å². The lowest BCUT2D eigenvalue weighted by atomic mass is 10.2. The molecule has 0 aliphatic heterocycles. The highest BCUT2D eigenvalue weighted by molar-refractivity contribution is 9.10. The van der Waals surface area contributed by atoms with E-state index < -0.39 is 11.9 Å². The number of benzene rings is 3. The lowest BCUT2D eigenvalue weighted by Crippen LogP contribution is -2.24. The molecule has 3 aromatic carbocycles. The number of halogens is 2. The molecule has 0 aliphatic rings. The van der Waals surface area contributed by atoms with Crippen LogP contribution in [0.1, 0.15) is 21.5 Å². The van der Waals surface area contributed by atoms with Crippen molar-refractivity contribution in [3.8, 4) is 17.2 Å². The van der Waals surface area contributed by atoms with E-state index >= 15 is 0 Å². The van der Waals surface area contributed by atoms with Gasteiger partial charge in [-0.15, -0.1) is 0 Å². The zero-order valence-corrected chi connectivity index (χ0v) is 20.1. The van der Waals surface area contributed by atoms with Crippen molar-refractivity contribution in [3.05, 3.63) is 86.8 Å². The van der Waals surface area contributed by atoms with Crippen LogP contribution in [0, 0.1) is 6.92 Å². The first-order chi connectivity index (χ1) is 15.9. The molecule has 0 saturated heterocycles. The standard InChI is InChI=1S/C24H20BrClN2O5/c1-15-11-17(26)8-10-20(15)32-14-23(29)28-27-13-16-7-9-21(22(12-16)31-2)33-24(30)18-5-3-4-6-19(18)25/h3-13H,14H2,1-2H3,(H,28,29). The molecule has 0 aromatic heterocycles. The molecule has 0 spiro atoms. The molecule has 3 rings (SSSR count). The van der Waals surface area contributed by atoms with Crippen LogP contribution >= 0.6 is 27.5 Å². The van der Waals surface area contributed by atoms with E-state index in [0.29, 0.717) is 32.1 Å². The van der Waals surface area contributed by atoms with Crippen LogP contribution in [0.25, 0.3) is 0 Å². The number of rotatable bonds is 8. The molecular weight excluding hydrogens is 512 g/mol. The van der Waals surface area contributed by atoms with Gasteiger partial charge in [-0.05, 0) is 82.5 Å². The van der Waals surface area contributed by atoms with Crippen molar-refractivity contribution in [3.63, 3.8) is 0 Å². The molecule has 1 N–H and O–H groups in total. The second kappa shape index (κ2) is 11.5. The van der Waals surface area contributed by atoms with Crippen LogP contribution < -0.4 is 19.6 Å². The number of amides is 1. The summed E-state index contributed by atoms with van der Waals surface area (Å²) in [7, 11) is 1.46. The number of nitrogens with one attached hydrogen (secondary N) is 1. The van der Waals surface area contributed by atoms with E-state index in [-0.39, 0.29) is 12.4 Å². The Morgan fingerprint density at radius 2 is 1.82 bits per heavy atom. The van der Waals surface area contributed by atoms with E-state index in [1.807, 2.05) is 6.92 Å². The number of aryl methyl sites for hydroxylation is 1. The van der Waals surface area contributed by atoms with Crippen molar-refractivity contribution in [2.75, 3.05) is 13.7 Å². The Labute approximate surface area is 204 Å². The topological polar surface area (TPSA) is 86.2 Å². The van der Waals surface area contributed by atoms with Gasteiger partial charge in [0.05, 0.1) is 18.9 Å². The van der Waals surface area contributed by atoms with Gasteiger partial charge in [0.2, 0.25) is 0 Å². The number of esters is 1. The van der Waals surface area contributed by atoms with Crippen molar-refractivity contribution >= 4 is 45.6 Å². The van der Waals surface area contributed by atoms with Crippen molar-refractivity contribution in [2.45, 2.75) is 6.92 Å². The second-order valence-corrected chi connectivity index (χ2v) is 8.06. The number of methoxy groups -OCH3 is 1. The van der Waals surface area contributed by atoms with Gasteiger partial charge in [0.25, 0.3) is 5.91 Å². The molecule has 0 heterocycles. The van der Waals surface area contributed by atoms with Gasteiger partial charge in [0, 0.05) is 9.50 Å². The number of carbonyl (C=O) groups excluding carboxylic acids is 2. The van der Waals surface area contributed by atoms with Crippen LogP contribution in [-0.2, 0) is 4.79 Å². The van der Waals surface area contributed by atoms with Crippen molar-refractivity contribution in [1.82, 2.24) is 5.43 Å². The van der Waals surface area contributed by atoms with Gasteiger partial charge < -0.3 is 14.2 Å². The fourth-order valence-corrected chi connectivity index (χ4v) is 3.43. The molecule has 7 nitrogen and oxygen atoms in total. The average Bonchev–Trinajstić information content (AvgIpc) is 2.79. The van der Waals surface area contributed by atoms with Gasteiger partial charge >= 0.3 is 5.97 Å². The maximum Gasteiger partial charge on any atom is 0.344 e. The molecule has 0 bridgehead atoms. The van der Waals surface area contributed by atoms with E-state index in [0.717, 1.165) is 5.56 Å². The van der Waals surface area contributed by atoms with E-state index in [1.54, 1.807) is 60.7 Å². The molecule has 0 atom stereocenters. The maximum atomic E-state index is 12.4. The van der Waals surface area contributed by atoms with Gasteiger partial charge in [-0.3, -0.25) is 4.79 Å². The second-order valence-electron chi connectivity index (χ2n) is 6.77. The molecule has 170 valence electrons. The molecule has 33 heavy (non-hydrogen) atoms. The van der Waals surface area contributed by atoms with Gasteiger partial charge in [0.1, 0.15) is 5.75 Å². The van der Waals surface area contributed by atoms with E-state index in [2.05, 4.69) is 26.5 Å². The molecule has 0 unspecified atom stereocenters. The van der Waals surface area contributed by atoms with Crippen LogP contribution in [0.5, 0.6) is 17.2 Å². The number of carbonyl (C=O) groups is 2. The molecular formula is C24H20BrClN2O5. The Bertz CT molecular complexity index is 1200. The van der Waals surface area contributed by atoms with Gasteiger partial charge in [-0.1, -0.05) is 23.7 Å². The molecule has 0 radical (unpaired) electrons. The summed E-state index contributed by atoms with van der Waals surface area (Å²) in [4.78, 5) is 24.4. The van der Waals surface area contributed by atoms with Crippen molar-refractivity contribution in [1.29, 1.82) is 0 Å². The minimum Gasteiger partial charge on any atom is -0.493 e. The molecule has 0 saturated carbocycles. The monoisotopic (exact) mass is 530 g/mol. The van der Waals surface area contributed by atoms with Crippen molar-refractivity contribution < 1.29 is 23.8 Å². The Hall–Kier alpha value is -3.36. The van der Waals surface area contributed by atoms with E-state index in [9.17, 15) is 9.59 Å². The van der Waals surface area contributed by atoms with E-state index in [1.165, 1.54) is 13.3 Å². The number of ether oxygens (including phenoxy) is 3. The number of nitrogens with zero attached hydrogens (tertiary/aromatic N) is 1. The van der Waals surface area contributed by atoms with Crippen LogP contribution in [0.15, 0.2) is 70.2 Å². The maximum absolute atomic E-state index is 12.4. The quantitative estimate of drug-likeness (QED) is 0.188. The first-order valence-corrected chi connectivity index (χ1v) is 10.9. The number of hydrogen-bond donors (Lipinski definition) is 1. The summed E-state index contributed by atoms with van der Waals surface area (Å²) in [5, 5.41) is 4.52. The molecule has 0 fully saturated rings. The Morgan fingerprint density at radius 3 is 2.55 bits per heavy atom. The predicted octanol–water partition coefficient (Wildman–Crippen LogP) is 5.17. The molecule has 3 aromatic rings. The summed E-state index contributed by atoms with van der Waals surface area (Å²) in [6, 6.07) is 17.0. The average molecular weight is 532 g/mol. The van der Waals surface area contributed by atoms with Crippen molar-refractivity contribution in [2.24, 2.45) is 5.10 Å².